The molecule has 1 saturated heterocycles. The molecule has 0 unspecified atom stereocenters. The van der Waals surface area contributed by atoms with Crippen molar-refractivity contribution in [2.45, 2.75) is 39.0 Å². The van der Waals surface area contributed by atoms with Gasteiger partial charge in [-0.2, -0.15) is 0 Å². The smallest absolute Gasteiger partial charge is 0.314 e. The van der Waals surface area contributed by atoms with E-state index in [0.29, 0.717) is 6.61 Å². The first-order valence-corrected chi connectivity index (χ1v) is 9.75. The second-order valence-corrected chi connectivity index (χ2v) is 7.79. The summed E-state index contributed by atoms with van der Waals surface area (Å²) in [5.74, 6) is 1.49. The van der Waals surface area contributed by atoms with Gasteiger partial charge in [0.15, 0.2) is 0 Å². The van der Waals surface area contributed by atoms with Crippen molar-refractivity contribution in [3.63, 3.8) is 0 Å². The monoisotopic (exact) mass is 341 g/mol. The van der Waals surface area contributed by atoms with E-state index in [1.54, 1.807) is 0 Å². The molecule has 0 saturated carbocycles. The standard InChI is InChI=1S/C22H31NO2/c1-17-15-23(16-18(17)2)13-14-25-22(24)21(19-9-5-3-6-10-19)20-11-7-4-8-12-20/h3,5-7,9-11,17-18,20-21H,4,8,12-16H2,1-2H3/t17-,18+,20-,21-/m0/s1. The summed E-state index contributed by atoms with van der Waals surface area (Å²) in [5, 5.41) is 0. The number of carbonyl (C=O) groups excluding carboxylic acids is 1. The second kappa shape index (κ2) is 8.66. The van der Waals surface area contributed by atoms with Crippen molar-refractivity contribution in [2.24, 2.45) is 17.8 Å². The van der Waals surface area contributed by atoms with Gasteiger partial charge >= 0.3 is 5.97 Å². The van der Waals surface area contributed by atoms with E-state index < -0.39 is 0 Å². The van der Waals surface area contributed by atoms with Crippen LogP contribution >= 0.6 is 0 Å². The van der Waals surface area contributed by atoms with Crippen LogP contribution in [0.25, 0.3) is 0 Å². The van der Waals surface area contributed by atoms with Gasteiger partial charge in [-0.15, -0.1) is 0 Å². The minimum Gasteiger partial charge on any atom is -0.464 e. The predicted molar refractivity (Wildman–Crippen MR) is 101 cm³/mol. The maximum absolute atomic E-state index is 12.9. The lowest BCUT2D eigenvalue weighted by atomic mass is 9.80. The van der Waals surface area contributed by atoms with E-state index in [1.165, 1.54) is 0 Å². The van der Waals surface area contributed by atoms with E-state index in [0.717, 1.165) is 56.3 Å². The number of rotatable bonds is 6. The number of ether oxygens (including phenoxy) is 1. The Morgan fingerprint density at radius 3 is 2.56 bits per heavy atom. The molecule has 1 fully saturated rings. The Kier molecular flexibility index (Phi) is 6.30. The molecule has 2 aliphatic rings. The number of likely N-dealkylation sites (tertiary alicyclic amines) is 1. The first kappa shape index (κ1) is 18.2. The number of benzene rings is 1. The van der Waals surface area contributed by atoms with Gasteiger partial charge in [-0.25, -0.2) is 0 Å². The number of carbonyl (C=O) groups is 1. The van der Waals surface area contributed by atoms with Gasteiger partial charge in [0.1, 0.15) is 6.61 Å². The van der Waals surface area contributed by atoms with Crippen molar-refractivity contribution in [3.05, 3.63) is 48.0 Å². The van der Waals surface area contributed by atoms with Crippen molar-refractivity contribution in [1.29, 1.82) is 0 Å². The topological polar surface area (TPSA) is 29.5 Å². The molecule has 1 aliphatic carbocycles. The number of nitrogens with zero attached hydrogens (tertiary/aromatic N) is 1. The van der Waals surface area contributed by atoms with Crippen molar-refractivity contribution >= 4 is 5.97 Å². The number of allylic oxidation sites excluding steroid dienone is 2. The first-order chi connectivity index (χ1) is 12.1. The van der Waals surface area contributed by atoms with Crippen molar-refractivity contribution in [2.75, 3.05) is 26.2 Å². The van der Waals surface area contributed by atoms with Gasteiger partial charge in [-0.1, -0.05) is 56.3 Å². The summed E-state index contributed by atoms with van der Waals surface area (Å²) < 4.78 is 5.73. The molecule has 0 bridgehead atoms. The summed E-state index contributed by atoms with van der Waals surface area (Å²) in [7, 11) is 0. The van der Waals surface area contributed by atoms with Crippen molar-refractivity contribution in [3.8, 4) is 0 Å². The zero-order valence-electron chi connectivity index (χ0n) is 15.6. The maximum Gasteiger partial charge on any atom is 0.314 e. The Bertz CT molecular complexity index is 573. The van der Waals surface area contributed by atoms with E-state index in [9.17, 15) is 4.79 Å². The van der Waals surface area contributed by atoms with Gasteiger partial charge in [-0.3, -0.25) is 9.69 Å². The normalized spacial score (nSPS) is 28.0. The molecule has 3 nitrogen and oxygen atoms in total. The molecule has 0 amide bonds. The van der Waals surface area contributed by atoms with E-state index in [1.807, 2.05) is 18.2 Å². The van der Waals surface area contributed by atoms with Crippen LogP contribution in [-0.4, -0.2) is 37.1 Å². The predicted octanol–water partition coefficient (Wildman–Crippen LogP) is 4.26. The Labute approximate surface area is 152 Å². The lowest BCUT2D eigenvalue weighted by Crippen LogP contribution is -2.29. The second-order valence-electron chi connectivity index (χ2n) is 7.79. The fraction of sp³-hybridized carbons (Fsp3) is 0.591. The molecule has 3 rings (SSSR count). The van der Waals surface area contributed by atoms with Gasteiger partial charge in [-0.05, 0) is 42.6 Å². The summed E-state index contributed by atoms with van der Waals surface area (Å²) in [6, 6.07) is 10.1. The quantitative estimate of drug-likeness (QED) is 0.572. The molecule has 3 heteroatoms. The number of hydrogen-bond donors (Lipinski definition) is 0. The zero-order valence-corrected chi connectivity index (χ0v) is 15.6. The first-order valence-electron chi connectivity index (χ1n) is 9.75. The number of hydrogen-bond acceptors (Lipinski definition) is 3. The molecular weight excluding hydrogens is 310 g/mol. The van der Waals surface area contributed by atoms with Crippen LogP contribution in [0.1, 0.15) is 44.6 Å². The summed E-state index contributed by atoms with van der Waals surface area (Å²) in [5.41, 5.74) is 1.08. The third-order valence-electron chi connectivity index (χ3n) is 5.85. The van der Waals surface area contributed by atoms with Gasteiger partial charge in [0.05, 0.1) is 5.92 Å². The van der Waals surface area contributed by atoms with E-state index in [-0.39, 0.29) is 17.8 Å². The van der Waals surface area contributed by atoms with Crippen LogP contribution in [-0.2, 0) is 9.53 Å². The van der Waals surface area contributed by atoms with Gasteiger partial charge < -0.3 is 4.74 Å². The largest absolute Gasteiger partial charge is 0.464 e. The van der Waals surface area contributed by atoms with Gasteiger partial charge in [0.2, 0.25) is 0 Å². The Morgan fingerprint density at radius 2 is 1.92 bits per heavy atom. The highest BCUT2D eigenvalue weighted by Gasteiger charge is 2.31. The van der Waals surface area contributed by atoms with Crippen LogP contribution in [0.2, 0.25) is 0 Å². The Balaban J connectivity index is 1.59. The van der Waals surface area contributed by atoms with E-state index in [2.05, 4.69) is 43.0 Å². The van der Waals surface area contributed by atoms with Gasteiger partial charge in [0, 0.05) is 19.6 Å². The summed E-state index contributed by atoms with van der Waals surface area (Å²) in [4.78, 5) is 15.3. The molecule has 1 aromatic rings. The molecule has 0 radical (unpaired) electrons. The van der Waals surface area contributed by atoms with Crippen LogP contribution in [0.15, 0.2) is 42.5 Å². The molecule has 1 heterocycles. The SMILES string of the molecule is C[C@@H]1CN(CCOC(=O)[C@@H](c2ccccc2)[C@H]2C=CCCC2)C[C@@H]1C. The average Bonchev–Trinajstić information content (AvgIpc) is 2.95. The Hall–Kier alpha value is -1.61. The highest BCUT2D eigenvalue weighted by molar-refractivity contribution is 5.79. The minimum atomic E-state index is -0.172. The molecule has 25 heavy (non-hydrogen) atoms. The molecule has 0 aromatic heterocycles. The minimum absolute atomic E-state index is 0.0666. The third-order valence-corrected chi connectivity index (χ3v) is 5.85. The molecule has 0 spiro atoms. The van der Waals surface area contributed by atoms with Gasteiger partial charge in [0.25, 0.3) is 0 Å². The van der Waals surface area contributed by atoms with Crippen molar-refractivity contribution < 1.29 is 9.53 Å². The lowest BCUT2D eigenvalue weighted by Gasteiger charge is -2.26. The fourth-order valence-corrected chi connectivity index (χ4v) is 4.13. The van der Waals surface area contributed by atoms with Crippen LogP contribution in [0.5, 0.6) is 0 Å². The van der Waals surface area contributed by atoms with Crippen LogP contribution in [0.4, 0.5) is 0 Å². The molecule has 4 atom stereocenters. The molecule has 1 aliphatic heterocycles. The number of esters is 1. The van der Waals surface area contributed by atoms with Crippen LogP contribution in [0, 0.1) is 17.8 Å². The van der Waals surface area contributed by atoms with Crippen molar-refractivity contribution in [1.82, 2.24) is 4.90 Å². The molecule has 1 aromatic carbocycles. The summed E-state index contributed by atoms with van der Waals surface area (Å²) in [6.07, 6.45) is 7.77. The van der Waals surface area contributed by atoms with Crippen LogP contribution < -0.4 is 0 Å². The molecular formula is C22H31NO2. The third kappa shape index (κ3) is 4.72. The lowest BCUT2D eigenvalue weighted by molar-refractivity contribution is -0.147. The molecule has 0 N–H and O–H groups in total. The highest BCUT2D eigenvalue weighted by atomic mass is 16.5. The zero-order chi connectivity index (χ0) is 17.6. The van der Waals surface area contributed by atoms with E-state index in [4.69, 9.17) is 4.74 Å². The molecule has 136 valence electrons. The Morgan fingerprint density at radius 1 is 1.20 bits per heavy atom. The summed E-state index contributed by atoms with van der Waals surface area (Å²) in [6.45, 7) is 8.19. The highest BCUT2D eigenvalue weighted by Crippen LogP contribution is 2.33. The fourth-order valence-electron chi connectivity index (χ4n) is 4.13. The van der Waals surface area contributed by atoms with E-state index >= 15 is 0 Å². The summed E-state index contributed by atoms with van der Waals surface area (Å²) >= 11 is 0. The maximum atomic E-state index is 12.9. The average molecular weight is 341 g/mol. The van der Waals surface area contributed by atoms with Crippen LogP contribution in [0.3, 0.4) is 0 Å².